The van der Waals surface area contributed by atoms with Crippen LogP contribution in [0.15, 0.2) is 101 Å². The molecular formula is C34H24Cl4N2O6. The van der Waals surface area contributed by atoms with Crippen molar-refractivity contribution in [2.45, 2.75) is 6.92 Å². The van der Waals surface area contributed by atoms with Crippen LogP contribution in [0.2, 0.25) is 20.1 Å². The Morgan fingerprint density at radius 2 is 1.35 bits per heavy atom. The van der Waals surface area contributed by atoms with Crippen molar-refractivity contribution in [3.05, 3.63) is 139 Å². The Morgan fingerprint density at radius 1 is 0.739 bits per heavy atom. The number of aromatic hydroxyl groups is 1. The molecule has 12 heteroatoms. The maximum Gasteiger partial charge on any atom is 0.369 e. The van der Waals surface area contributed by atoms with E-state index in [0.29, 0.717) is 26.9 Å². The van der Waals surface area contributed by atoms with Crippen molar-refractivity contribution in [2.75, 3.05) is 7.11 Å². The molecule has 0 radical (unpaired) electrons. The summed E-state index contributed by atoms with van der Waals surface area (Å²) < 4.78 is 5.36. The quantitative estimate of drug-likeness (QED) is 0.103. The van der Waals surface area contributed by atoms with Gasteiger partial charge in [-0.1, -0.05) is 117 Å². The first kappa shape index (κ1) is 34.3. The monoisotopic (exact) mass is 696 g/mol. The highest BCUT2D eigenvalue weighted by Crippen LogP contribution is 2.30. The molecule has 8 nitrogen and oxygen atoms in total. The van der Waals surface area contributed by atoms with Crippen molar-refractivity contribution < 1.29 is 29.1 Å². The van der Waals surface area contributed by atoms with Crippen LogP contribution in [0.3, 0.4) is 0 Å². The summed E-state index contributed by atoms with van der Waals surface area (Å²) in [6, 6.07) is 26.4. The number of halogens is 4. The van der Waals surface area contributed by atoms with Gasteiger partial charge in [-0.05, 0) is 59.2 Å². The van der Waals surface area contributed by atoms with Gasteiger partial charge < -0.3 is 19.5 Å². The largest absolute Gasteiger partial charge is 0.507 e. The lowest BCUT2D eigenvalue weighted by Gasteiger charge is -2.08. The van der Waals surface area contributed by atoms with Crippen LogP contribution in [0.25, 0.3) is 10.8 Å². The van der Waals surface area contributed by atoms with Crippen molar-refractivity contribution >= 4 is 81.5 Å². The van der Waals surface area contributed by atoms with Crippen molar-refractivity contribution in [1.82, 2.24) is 0 Å². The van der Waals surface area contributed by atoms with Crippen LogP contribution in [0.4, 0.5) is 0 Å². The second kappa shape index (κ2) is 16.1. The highest BCUT2D eigenvalue weighted by atomic mass is 35.5. The van der Waals surface area contributed by atoms with Gasteiger partial charge in [-0.25, -0.2) is 9.59 Å². The summed E-state index contributed by atoms with van der Waals surface area (Å²) in [4.78, 5) is 33.7. The van der Waals surface area contributed by atoms with Gasteiger partial charge in [0.25, 0.3) is 0 Å². The average molecular weight is 698 g/mol. The molecule has 1 N–H and O–H groups in total. The minimum absolute atomic E-state index is 0.0305. The minimum Gasteiger partial charge on any atom is -0.507 e. The molecule has 0 atom stereocenters. The van der Waals surface area contributed by atoms with E-state index in [2.05, 4.69) is 10.3 Å². The molecule has 0 amide bonds. The van der Waals surface area contributed by atoms with Gasteiger partial charge in [0.05, 0.1) is 35.1 Å². The Bertz CT molecular complexity index is 1930. The van der Waals surface area contributed by atoms with Gasteiger partial charge in [0.2, 0.25) is 0 Å². The minimum atomic E-state index is -0.802. The fourth-order valence-electron chi connectivity index (χ4n) is 4.11. The Labute approximate surface area is 284 Å². The average Bonchev–Trinajstić information content (AvgIpc) is 3.03. The lowest BCUT2D eigenvalue weighted by atomic mass is 10.0. The highest BCUT2D eigenvalue weighted by Gasteiger charge is 2.18. The second-order valence-electron chi connectivity index (χ2n) is 9.40. The summed E-state index contributed by atoms with van der Waals surface area (Å²) in [6.07, 6.45) is 2.82. The fourth-order valence-corrected chi connectivity index (χ4v) is 5.36. The third-order valence-corrected chi connectivity index (χ3v) is 7.33. The second-order valence-corrected chi connectivity index (χ2v) is 11.1. The zero-order valence-corrected chi connectivity index (χ0v) is 27.2. The number of phenolic OH excluding ortho intramolecular Hbond substituents is 1. The van der Waals surface area contributed by atoms with Gasteiger partial charge in [-0.15, -0.1) is 0 Å². The normalized spacial score (nSPS) is 10.9. The number of nitrogens with zero attached hydrogens (tertiary/aromatic N) is 2. The van der Waals surface area contributed by atoms with Crippen LogP contribution >= 0.6 is 46.4 Å². The Hall–Kier alpha value is -4.60. The van der Waals surface area contributed by atoms with Gasteiger partial charge in [0.15, 0.2) is 0 Å². The van der Waals surface area contributed by atoms with Crippen LogP contribution in [0, 0.1) is 6.92 Å². The molecular weight excluding hydrogens is 674 g/mol. The molecule has 0 saturated heterocycles. The maximum absolute atomic E-state index is 12.2. The number of carbonyl (C=O) groups is 2. The van der Waals surface area contributed by atoms with Crippen molar-refractivity contribution in [3.63, 3.8) is 0 Å². The van der Waals surface area contributed by atoms with E-state index in [1.165, 1.54) is 30.6 Å². The highest BCUT2D eigenvalue weighted by molar-refractivity contribution is 6.41. The first-order valence-corrected chi connectivity index (χ1v) is 14.8. The number of fused-ring (bicyclic) bond motifs is 1. The molecule has 46 heavy (non-hydrogen) atoms. The number of benzene rings is 5. The molecule has 0 unspecified atom stereocenters. The summed E-state index contributed by atoms with van der Waals surface area (Å²) in [7, 11) is 1.56. The van der Waals surface area contributed by atoms with E-state index in [9.17, 15) is 14.7 Å². The van der Waals surface area contributed by atoms with Crippen molar-refractivity contribution in [2.24, 2.45) is 10.3 Å². The molecule has 0 heterocycles. The number of aryl methyl sites for hydroxylation is 1. The molecule has 0 aliphatic carbocycles. The van der Waals surface area contributed by atoms with Gasteiger partial charge in [-0.2, -0.15) is 0 Å². The summed E-state index contributed by atoms with van der Waals surface area (Å²) in [5.74, 6) is -1.13. The van der Waals surface area contributed by atoms with Gasteiger partial charge in [0, 0.05) is 15.6 Å². The number of hydrogen-bond acceptors (Lipinski definition) is 8. The smallest absolute Gasteiger partial charge is 0.369 e. The summed E-state index contributed by atoms with van der Waals surface area (Å²) in [5.41, 5.74) is 1.95. The molecule has 234 valence electrons. The maximum atomic E-state index is 12.2. The van der Waals surface area contributed by atoms with Crippen molar-refractivity contribution in [3.8, 4) is 11.5 Å². The van der Waals surface area contributed by atoms with E-state index in [1.54, 1.807) is 20.1 Å². The molecule has 0 spiro atoms. The van der Waals surface area contributed by atoms with E-state index in [-0.39, 0.29) is 26.9 Å². The first-order valence-electron chi connectivity index (χ1n) is 13.3. The molecule has 0 bridgehead atoms. The SMILES string of the molecule is COc1ccc2ccccc2c1/C=N/OC(=O)c1cc(Cl)cc(C)c1O.O=C(O/N=C/c1ccccc1)c1c(Cl)cc(Cl)cc1Cl. The number of ether oxygens (including phenoxy) is 1. The Balaban J connectivity index is 0.000000216. The molecule has 5 aromatic carbocycles. The Morgan fingerprint density at radius 3 is 2.04 bits per heavy atom. The topological polar surface area (TPSA) is 107 Å². The number of hydrogen-bond donors (Lipinski definition) is 1. The lowest BCUT2D eigenvalue weighted by Crippen LogP contribution is -2.03. The van der Waals surface area contributed by atoms with Crippen LogP contribution in [-0.4, -0.2) is 36.6 Å². The predicted octanol–water partition coefficient (Wildman–Crippen LogP) is 9.54. The summed E-state index contributed by atoms with van der Waals surface area (Å²) >= 11 is 23.5. The van der Waals surface area contributed by atoms with E-state index >= 15 is 0 Å². The van der Waals surface area contributed by atoms with Crippen LogP contribution in [-0.2, 0) is 9.68 Å². The molecule has 0 aromatic heterocycles. The molecule has 0 aliphatic heterocycles. The zero-order valence-electron chi connectivity index (χ0n) is 24.2. The van der Waals surface area contributed by atoms with Crippen LogP contribution in [0.5, 0.6) is 11.5 Å². The number of oxime groups is 2. The van der Waals surface area contributed by atoms with Gasteiger partial charge in [-0.3, -0.25) is 0 Å². The van der Waals surface area contributed by atoms with Gasteiger partial charge in [0.1, 0.15) is 17.1 Å². The lowest BCUT2D eigenvalue weighted by molar-refractivity contribution is 0.0508. The Kier molecular flexibility index (Phi) is 12.0. The van der Waals surface area contributed by atoms with Crippen LogP contribution < -0.4 is 4.74 Å². The molecule has 0 aliphatic rings. The van der Waals surface area contributed by atoms with Crippen LogP contribution in [0.1, 0.15) is 37.4 Å². The predicted molar refractivity (Wildman–Crippen MR) is 182 cm³/mol. The van der Waals surface area contributed by atoms with E-state index < -0.39 is 11.9 Å². The summed E-state index contributed by atoms with van der Waals surface area (Å²) in [6.45, 7) is 1.64. The summed E-state index contributed by atoms with van der Waals surface area (Å²) in [5, 5.41) is 20.2. The third-order valence-electron chi connectivity index (χ3n) is 6.30. The van der Waals surface area contributed by atoms with Gasteiger partial charge >= 0.3 is 11.9 Å². The fraction of sp³-hybridized carbons (Fsp3) is 0.0588. The standard InChI is InChI=1S/C20H16ClNO4.C14H8Cl3NO2/c1-12-9-14(21)10-16(19(12)23)20(24)26-22-11-17-15-6-4-3-5-13(15)7-8-18(17)25-2;15-10-6-11(16)13(12(17)7-10)14(19)20-18-8-9-4-2-1-3-5-9/h3-11,23H,1-2H3;1-8H/b22-11+;18-8+. The van der Waals surface area contributed by atoms with E-state index in [0.717, 1.165) is 16.3 Å². The number of carbonyl (C=O) groups excluding carboxylic acids is 2. The zero-order chi connectivity index (χ0) is 33.2. The number of rotatable bonds is 7. The van der Waals surface area contributed by atoms with Crippen molar-refractivity contribution in [1.29, 1.82) is 0 Å². The third kappa shape index (κ3) is 8.77. The molecule has 0 fully saturated rings. The molecule has 0 saturated carbocycles. The van der Waals surface area contributed by atoms with E-state index in [1.807, 2.05) is 66.7 Å². The molecule has 5 rings (SSSR count). The molecule has 5 aromatic rings. The number of methoxy groups -OCH3 is 1. The first-order chi connectivity index (χ1) is 22.1. The number of phenols is 1. The van der Waals surface area contributed by atoms with E-state index in [4.69, 9.17) is 60.8 Å².